The summed E-state index contributed by atoms with van der Waals surface area (Å²) in [6.45, 7) is 3.25. The Morgan fingerprint density at radius 3 is 2.77 bits per heavy atom. The molecule has 2 aromatic carbocycles. The van der Waals surface area contributed by atoms with Crippen molar-refractivity contribution in [3.05, 3.63) is 69.4 Å². The van der Waals surface area contributed by atoms with Crippen molar-refractivity contribution >= 4 is 40.1 Å². The molecule has 0 saturated carbocycles. The summed E-state index contributed by atoms with van der Waals surface area (Å²) >= 11 is 12.1. The first kappa shape index (κ1) is 18.8. The van der Waals surface area contributed by atoms with E-state index in [-0.39, 0.29) is 5.91 Å². The Morgan fingerprint density at radius 2 is 2.00 bits per heavy atom. The molecule has 1 aromatic heterocycles. The van der Waals surface area contributed by atoms with E-state index in [4.69, 9.17) is 32.4 Å². The van der Waals surface area contributed by atoms with Gasteiger partial charge in [0.05, 0.1) is 6.61 Å². The van der Waals surface area contributed by atoms with Gasteiger partial charge in [-0.1, -0.05) is 47.5 Å². The number of ether oxygens (including phenoxy) is 1. The first-order valence-electron chi connectivity index (χ1n) is 8.40. The number of carbonyl (C=O) groups is 1. The maximum Gasteiger partial charge on any atom is 0.287 e. The molecule has 0 aliphatic heterocycles. The highest BCUT2D eigenvalue weighted by Crippen LogP contribution is 2.27. The van der Waals surface area contributed by atoms with E-state index < -0.39 is 0 Å². The fraction of sp³-hybridized carbons (Fsp3) is 0.250. The lowest BCUT2D eigenvalue weighted by atomic mass is 10.1. The number of rotatable bonds is 7. The molecule has 6 heteroatoms. The minimum atomic E-state index is -0.263. The summed E-state index contributed by atoms with van der Waals surface area (Å²) in [7, 11) is 0. The number of hydrogen-bond donors (Lipinski definition) is 1. The second-order valence-corrected chi connectivity index (χ2v) is 6.63. The second kappa shape index (κ2) is 8.58. The van der Waals surface area contributed by atoms with Crippen molar-refractivity contribution in [1.29, 1.82) is 0 Å². The number of para-hydroxylation sites is 1. The SMILES string of the molecule is CCOCc1c(C(=O)NCCc2ccc(Cl)cc2Cl)oc2ccccc12. The van der Waals surface area contributed by atoms with Crippen molar-refractivity contribution < 1.29 is 13.9 Å². The average Bonchev–Trinajstić information content (AvgIpc) is 3.00. The topological polar surface area (TPSA) is 51.5 Å². The zero-order chi connectivity index (χ0) is 18.5. The van der Waals surface area contributed by atoms with E-state index in [1.54, 1.807) is 12.1 Å². The van der Waals surface area contributed by atoms with Crippen molar-refractivity contribution in [1.82, 2.24) is 5.32 Å². The lowest BCUT2D eigenvalue weighted by Crippen LogP contribution is -2.26. The molecule has 0 bridgehead atoms. The first-order valence-corrected chi connectivity index (χ1v) is 9.16. The Morgan fingerprint density at radius 1 is 1.19 bits per heavy atom. The summed E-state index contributed by atoms with van der Waals surface area (Å²) in [5.41, 5.74) is 2.37. The van der Waals surface area contributed by atoms with Crippen LogP contribution in [0.5, 0.6) is 0 Å². The number of benzene rings is 2. The summed E-state index contributed by atoms with van der Waals surface area (Å²) in [6.07, 6.45) is 0.600. The van der Waals surface area contributed by atoms with Crippen molar-refractivity contribution in [3.63, 3.8) is 0 Å². The fourth-order valence-electron chi connectivity index (χ4n) is 2.75. The Balaban J connectivity index is 1.72. The molecular formula is C20H19Cl2NO3. The predicted molar refractivity (Wildman–Crippen MR) is 104 cm³/mol. The van der Waals surface area contributed by atoms with Crippen LogP contribution >= 0.6 is 23.2 Å². The van der Waals surface area contributed by atoms with Gasteiger partial charge in [0.1, 0.15) is 5.58 Å². The molecule has 0 atom stereocenters. The van der Waals surface area contributed by atoms with Crippen LogP contribution in [0.1, 0.15) is 28.6 Å². The standard InChI is InChI=1S/C20H19Cl2NO3/c1-2-25-12-16-15-5-3-4-6-18(15)26-19(16)20(24)23-10-9-13-7-8-14(21)11-17(13)22/h3-8,11H,2,9-10,12H2,1H3,(H,23,24). The van der Waals surface area contributed by atoms with Gasteiger partial charge in [0.2, 0.25) is 0 Å². The third-order valence-corrected chi connectivity index (χ3v) is 4.64. The fourth-order valence-corrected chi connectivity index (χ4v) is 3.25. The predicted octanol–water partition coefficient (Wildman–Crippen LogP) is 5.25. The number of amides is 1. The van der Waals surface area contributed by atoms with E-state index in [0.717, 1.165) is 16.5 Å². The Labute approximate surface area is 162 Å². The molecule has 1 N–H and O–H groups in total. The smallest absolute Gasteiger partial charge is 0.287 e. The van der Waals surface area contributed by atoms with E-state index in [1.165, 1.54) is 0 Å². The molecule has 0 aliphatic carbocycles. The molecule has 1 amide bonds. The van der Waals surface area contributed by atoms with E-state index in [2.05, 4.69) is 5.32 Å². The number of furan rings is 1. The van der Waals surface area contributed by atoms with Crippen molar-refractivity contribution in [2.75, 3.05) is 13.2 Å². The van der Waals surface area contributed by atoms with Crippen molar-refractivity contribution in [3.8, 4) is 0 Å². The second-order valence-electron chi connectivity index (χ2n) is 5.78. The van der Waals surface area contributed by atoms with Crippen LogP contribution in [0.2, 0.25) is 10.0 Å². The van der Waals surface area contributed by atoms with Crippen LogP contribution in [-0.2, 0) is 17.8 Å². The van der Waals surface area contributed by atoms with Gasteiger partial charge in [0.25, 0.3) is 5.91 Å². The lowest BCUT2D eigenvalue weighted by molar-refractivity contribution is 0.0915. The molecule has 0 spiro atoms. The highest BCUT2D eigenvalue weighted by Gasteiger charge is 2.20. The van der Waals surface area contributed by atoms with E-state index >= 15 is 0 Å². The van der Waals surface area contributed by atoms with Gasteiger partial charge in [-0.15, -0.1) is 0 Å². The quantitative estimate of drug-likeness (QED) is 0.598. The molecule has 3 rings (SSSR count). The molecule has 0 unspecified atom stereocenters. The Bertz CT molecular complexity index is 921. The average molecular weight is 392 g/mol. The van der Waals surface area contributed by atoms with E-state index in [1.807, 2.05) is 37.3 Å². The molecule has 26 heavy (non-hydrogen) atoms. The Kier molecular flexibility index (Phi) is 6.20. The van der Waals surface area contributed by atoms with Crippen LogP contribution in [0.3, 0.4) is 0 Å². The molecule has 0 fully saturated rings. The number of nitrogens with one attached hydrogen (secondary N) is 1. The molecular weight excluding hydrogens is 373 g/mol. The third-order valence-electron chi connectivity index (χ3n) is 4.05. The number of carbonyl (C=O) groups excluding carboxylic acids is 1. The first-order chi connectivity index (χ1) is 12.6. The number of hydrogen-bond acceptors (Lipinski definition) is 3. The van der Waals surface area contributed by atoms with Crippen LogP contribution in [-0.4, -0.2) is 19.1 Å². The van der Waals surface area contributed by atoms with Crippen LogP contribution in [0, 0.1) is 0 Å². The van der Waals surface area contributed by atoms with Crippen LogP contribution in [0.15, 0.2) is 46.9 Å². The summed E-state index contributed by atoms with van der Waals surface area (Å²) in [5, 5.41) is 4.96. The monoisotopic (exact) mass is 391 g/mol. The molecule has 0 radical (unpaired) electrons. The van der Waals surface area contributed by atoms with E-state index in [9.17, 15) is 4.79 Å². The molecule has 3 aromatic rings. The van der Waals surface area contributed by atoms with Gasteiger partial charge in [0, 0.05) is 34.1 Å². The van der Waals surface area contributed by atoms with Gasteiger partial charge < -0.3 is 14.5 Å². The molecule has 0 saturated heterocycles. The maximum atomic E-state index is 12.6. The third kappa shape index (κ3) is 4.21. The Hall–Kier alpha value is -2.01. The normalized spacial score (nSPS) is 11.0. The highest BCUT2D eigenvalue weighted by atomic mass is 35.5. The van der Waals surface area contributed by atoms with Crippen LogP contribution in [0.4, 0.5) is 0 Å². The minimum absolute atomic E-state index is 0.263. The van der Waals surface area contributed by atoms with Gasteiger partial charge in [-0.25, -0.2) is 0 Å². The van der Waals surface area contributed by atoms with Gasteiger partial charge in [-0.3, -0.25) is 4.79 Å². The van der Waals surface area contributed by atoms with Gasteiger partial charge >= 0.3 is 0 Å². The van der Waals surface area contributed by atoms with Crippen molar-refractivity contribution in [2.24, 2.45) is 0 Å². The largest absolute Gasteiger partial charge is 0.451 e. The van der Waals surface area contributed by atoms with Crippen molar-refractivity contribution in [2.45, 2.75) is 20.0 Å². The maximum absolute atomic E-state index is 12.6. The number of halogens is 2. The molecule has 0 aliphatic rings. The molecule has 136 valence electrons. The van der Waals surface area contributed by atoms with Gasteiger partial charge in [-0.2, -0.15) is 0 Å². The van der Waals surface area contributed by atoms with Gasteiger partial charge in [0.15, 0.2) is 5.76 Å². The zero-order valence-electron chi connectivity index (χ0n) is 14.4. The zero-order valence-corrected chi connectivity index (χ0v) is 15.9. The number of fused-ring (bicyclic) bond motifs is 1. The highest BCUT2D eigenvalue weighted by molar-refractivity contribution is 6.35. The van der Waals surface area contributed by atoms with Gasteiger partial charge in [-0.05, 0) is 37.1 Å². The lowest BCUT2D eigenvalue weighted by Gasteiger charge is -2.07. The molecule has 4 nitrogen and oxygen atoms in total. The van der Waals surface area contributed by atoms with Crippen LogP contribution in [0.25, 0.3) is 11.0 Å². The summed E-state index contributed by atoms with van der Waals surface area (Å²) in [6, 6.07) is 12.9. The summed E-state index contributed by atoms with van der Waals surface area (Å²) < 4.78 is 11.3. The van der Waals surface area contributed by atoms with E-state index in [0.29, 0.717) is 47.6 Å². The molecule has 1 heterocycles. The summed E-state index contributed by atoms with van der Waals surface area (Å²) in [4.78, 5) is 12.6. The summed E-state index contributed by atoms with van der Waals surface area (Å²) in [5.74, 6) is 0.0304. The minimum Gasteiger partial charge on any atom is -0.451 e. The van der Waals surface area contributed by atoms with Crippen LogP contribution < -0.4 is 5.32 Å².